The van der Waals surface area contributed by atoms with Crippen LogP contribution < -0.4 is 9.61 Å². The van der Waals surface area contributed by atoms with Crippen molar-refractivity contribution in [1.29, 1.82) is 0 Å². The van der Waals surface area contributed by atoms with Crippen LogP contribution in [0.3, 0.4) is 0 Å². The van der Waals surface area contributed by atoms with E-state index < -0.39 is 19.4 Å². The summed E-state index contributed by atoms with van der Waals surface area (Å²) in [6.45, 7) is 5.50. The number of hydrogen-bond donors (Lipinski definition) is 1. The molecule has 1 atom stereocenters. The van der Waals surface area contributed by atoms with Gasteiger partial charge in [0.2, 0.25) is 0 Å². The van der Waals surface area contributed by atoms with E-state index in [0.29, 0.717) is 11.5 Å². The third-order valence-electron chi connectivity index (χ3n) is 2.53. The average Bonchev–Trinajstić information content (AvgIpc) is 2.53. The minimum Gasteiger partial charge on any atom is -0.465 e. The lowest BCUT2D eigenvalue weighted by atomic mass is 10.3. The molecule has 0 heterocycles. The van der Waals surface area contributed by atoms with Gasteiger partial charge in [-0.1, -0.05) is 0 Å². The standard InChI is InChI=1S/C14H19N2O6P/c1-4-11(3)21-23(15-10-14(17)20-5-2)22-13-8-6-12(7-9-13)16(18)19/h4,6-9,15H,5,10H2,1-3H3/b11-4+. The Morgan fingerprint density at radius 2 is 2.04 bits per heavy atom. The summed E-state index contributed by atoms with van der Waals surface area (Å²) in [5.74, 6) is 0.588. The second kappa shape index (κ2) is 9.76. The van der Waals surface area contributed by atoms with Crippen molar-refractivity contribution >= 4 is 20.2 Å². The fourth-order valence-electron chi connectivity index (χ4n) is 1.33. The van der Waals surface area contributed by atoms with Gasteiger partial charge in [0.05, 0.1) is 17.3 Å². The molecule has 1 rings (SSSR count). The zero-order valence-corrected chi connectivity index (χ0v) is 14.0. The Labute approximate surface area is 135 Å². The number of rotatable bonds is 9. The summed E-state index contributed by atoms with van der Waals surface area (Å²) in [6, 6.07) is 5.59. The number of benzene rings is 1. The zero-order valence-electron chi connectivity index (χ0n) is 13.1. The third-order valence-corrected chi connectivity index (χ3v) is 3.77. The van der Waals surface area contributed by atoms with Crippen LogP contribution in [0.2, 0.25) is 0 Å². The summed E-state index contributed by atoms with van der Waals surface area (Å²) in [5, 5.41) is 13.5. The summed E-state index contributed by atoms with van der Waals surface area (Å²) in [5.41, 5.74) is -0.0355. The number of ether oxygens (including phenoxy) is 1. The van der Waals surface area contributed by atoms with Crippen molar-refractivity contribution in [3.63, 3.8) is 0 Å². The third kappa shape index (κ3) is 7.08. The Morgan fingerprint density at radius 3 is 2.57 bits per heavy atom. The molecule has 0 aliphatic rings. The number of esters is 1. The number of nitro groups is 1. The molecule has 9 heteroatoms. The molecular formula is C14H19N2O6P. The van der Waals surface area contributed by atoms with Crippen LogP contribution in [0.5, 0.6) is 5.75 Å². The van der Waals surface area contributed by atoms with Crippen LogP contribution in [0.1, 0.15) is 20.8 Å². The number of nitrogens with zero attached hydrogens (tertiary/aromatic N) is 1. The topological polar surface area (TPSA) is 99.9 Å². The lowest BCUT2D eigenvalue weighted by molar-refractivity contribution is -0.384. The van der Waals surface area contributed by atoms with Crippen molar-refractivity contribution in [3.05, 3.63) is 46.2 Å². The minimum atomic E-state index is -1.64. The van der Waals surface area contributed by atoms with Gasteiger partial charge in [0, 0.05) is 12.1 Å². The van der Waals surface area contributed by atoms with Crippen LogP contribution in [0.4, 0.5) is 5.69 Å². The SMILES string of the molecule is C/C=C(\C)OP(NCC(=O)OCC)Oc1ccc([N+](=O)[O-])cc1. The van der Waals surface area contributed by atoms with E-state index in [-0.39, 0.29) is 18.8 Å². The molecule has 1 unspecified atom stereocenters. The number of carbonyl (C=O) groups excluding carboxylic acids is 1. The van der Waals surface area contributed by atoms with Crippen LogP contribution >= 0.6 is 8.53 Å². The molecule has 1 aromatic carbocycles. The van der Waals surface area contributed by atoms with E-state index in [1.54, 1.807) is 26.8 Å². The largest absolute Gasteiger partial charge is 0.465 e. The van der Waals surface area contributed by atoms with Gasteiger partial charge in [-0.15, -0.1) is 0 Å². The maximum absolute atomic E-state index is 11.4. The summed E-state index contributed by atoms with van der Waals surface area (Å²) < 4.78 is 16.0. The van der Waals surface area contributed by atoms with Gasteiger partial charge in [-0.3, -0.25) is 14.9 Å². The van der Waals surface area contributed by atoms with E-state index in [9.17, 15) is 14.9 Å². The monoisotopic (exact) mass is 342 g/mol. The number of non-ortho nitro benzene ring substituents is 1. The molecule has 0 bridgehead atoms. The molecule has 0 saturated heterocycles. The van der Waals surface area contributed by atoms with Crippen LogP contribution in [-0.2, 0) is 14.1 Å². The van der Waals surface area contributed by atoms with Gasteiger partial charge in [-0.25, -0.2) is 5.09 Å². The molecule has 126 valence electrons. The normalized spacial score (nSPS) is 12.4. The first-order valence-corrected chi connectivity index (χ1v) is 8.06. The Kier molecular flexibility index (Phi) is 8.01. The Balaban J connectivity index is 2.71. The van der Waals surface area contributed by atoms with Gasteiger partial charge in [0.25, 0.3) is 5.69 Å². The van der Waals surface area contributed by atoms with Crippen molar-refractivity contribution in [3.8, 4) is 5.75 Å². The van der Waals surface area contributed by atoms with Crippen molar-refractivity contribution in [2.45, 2.75) is 20.8 Å². The quantitative estimate of drug-likeness (QED) is 0.242. The summed E-state index contributed by atoms with van der Waals surface area (Å²) >= 11 is 0. The Morgan fingerprint density at radius 1 is 1.39 bits per heavy atom. The fourth-order valence-corrected chi connectivity index (χ4v) is 2.44. The van der Waals surface area contributed by atoms with Gasteiger partial charge in [0.15, 0.2) is 0 Å². The highest BCUT2D eigenvalue weighted by Crippen LogP contribution is 2.38. The maximum Gasteiger partial charge on any atom is 0.381 e. The number of nitro benzene ring substituents is 1. The molecule has 0 fully saturated rings. The highest BCUT2D eigenvalue weighted by atomic mass is 31.2. The van der Waals surface area contributed by atoms with Gasteiger partial charge in [0.1, 0.15) is 12.3 Å². The van der Waals surface area contributed by atoms with Crippen molar-refractivity contribution < 1.29 is 23.5 Å². The molecule has 1 aromatic rings. The molecule has 1 N–H and O–H groups in total. The molecule has 0 aliphatic heterocycles. The van der Waals surface area contributed by atoms with Gasteiger partial charge < -0.3 is 13.8 Å². The average molecular weight is 342 g/mol. The maximum atomic E-state index is 11.4. The molecular weight excluding hydrogens is 323 g/mol. The molecule has 0 amide bonds. The Bertz CT molecular complexity index is 561. The lowest BCUT2D eigenvalue weighted by Crippen LogP contribution is -2.23. The van der Waals surface area contributed by atoms with Gasteiger partial charge in [-0.05, 0) is 39.0 Å². The highest BCUT2D eigenvalue weighted by Gasteiger charge is 2.17. The van der Waals surface area contributed by atoms with Crippen LogP contribution in [0.25, 0.3) is 0 Å². The van der Waals surface area contributed by atoms with Crippen molar-refractivity contribution in [2.24, 2.45) is 0 Å². The van der Waals surface area contributed by atoms with Crippen LogP contribution in [0.15, 0.2) is 36.1 Å². The van der Waals surface area contributed by atoms with E-state index in [1.807, 2.05) is 0 Å². The van der Waals surface area contributed by atoms with Gasteiger partial charge >= 0.3 is 14.5 Å². The Hall–Kier alpha value is -2.18. The molecule has 0 saturated carbocycles. The molecule has 0 aromatic heterocycles. The van der Waals surface area contributed by atoms with E-state index in [2.05, 4.69) is 5.09 Å². The zero-order chi connectivity index (χ0) is 17.2. The summed E-state index contributed by atoms with van der Waals surface area (Å²) in [7, 11) is -1.64. The van der Waals surface area contributed by atoms with E-state index in [0.717, 1.165) is 0 Å². The summed E-state index contributed by atoms with van der Waals surface area (Å²) in [6.07, 6.45) is 1.75. The van der Waals surface area contributed by atoms with E-state index in [1.165, 1.54) is 24.3 Å². The van der Waals surface area contributed by atoms with Crippen molar-refractivity contribution in [1.82, 2.24) is 5.09 Å². The molecule has 0 spiro atoms. The van der Waals surface area contributed by atoms with Crippen LogP contribution in [-0.4, -0.2) is 24.0 Å². The molecule has 0 radical (unpaired) electrons. The predicted octanol–water partition coefficient (Wildman–Crippen LogP) is 3.29. The van der Waals surface area contributed by atoms with E-state index in [4.69, 9.17) is 13.8 Å². The smallest absolute Gasteiger partial charge is 0.381 e. The van der Waals surface area contributed by atoms with E-state index >= 15 is 0 Å². The van der Waals surface area contributed by atoms with Crippen molar-refractivity contribution in [2.75, 3.05) is 13.2 Å². The number of carbonyl (C=O) groups is 1. The number of allylic oxidation sites excluding steroid dienone is 2. The van der Waals surface area contributed by atoms with Gasteiger partial charge in [-0.2, -0.15) is 0 Å². The minimum absolute atomic E-state index is 0.0355. The first kappa shape index (κ1) is 18.9. The van der Waals surface area contributed by atoms with Crippen LogP contribution in [0, 0.1) is 10.1 Å². The first-order chi connectivity index (χ1) is 11.0. The number of hydrogen-bond acceptors (Lipinski definition) is 7. The molecule has 8 nitrogen and oxygen atoms in total. The highest BCUT2D eigenvalue weighted by molar-refractivity contribution is 7.45. The molecule has 23 heavy (non-hydrogen) atoms. The summed E-state index contributed by atoms with van der Waals surface area (Å²) in [4.78, 5) is 21.5. The fraction of sp³-hybridized carbons (Fsp3) is 0.357. The lowest BCUT2D eigenvalue weighted by Gasteiger charge is -2.18. The number of nitrogens with one attached hydrogen (secondary N) is 1. The predicted molar refractivity (Wildman–Crippen MR) is 85.8 cm³/mol. The molecule has 0 aliphatic carbocycles. The second-order valence-electron chi connectivity index (χ2n) is 4.23. The first-order valence-electron chi connectivity index (χ1n) is 6.88. The second-order valence-corrected chi connectivity index (χ2v) is 5.43.